The largest absolute Gasteiger partial charge is 0.329 e. The number of thiophene rings is 1. The summed E-state index contributed by atoms with van der Waals surface area (Å²) in [6.07, 6.45) is 2.41. The fraction of sp³-hybridized carbons (Fsp3) is 0.714. The summed E-state index contributed by atoms with van der Waals surface area (Å²) in [5, 5.41) is 2.24. The zero-order valence-corrected chi connectivity index (χ0v) is 12.2. The maximum absolute atomic E-state index is 6.15. The second-order valence-electron chi connectivity index (χ2n) is 5.83. The summed E-state index contributed by atoms with van der Waals surface area (Å²) in [6, 6.07) is 2.83. The predicted molar refractivity (Wildman–Crippen MR) is 77.0 cm³/mol. The van der Waals surface area contributed by atoms with E-state index in [2.05, 4.69) is 35.2 Å². The molecule has 1 aromatic heterocycles. The van der Waals surface area contributed by atoms with Crippen molar-refractivity contribution in [1.29, 1.82) is 0 Å². The van der Waals surface area contributed by atoms with Gasteiger partial charge in [-0.15, -0.1) is 11.3 Å². The molecule has 0 spiro atoms. The van der Waals surface area contributed by atoms with E-state index in [0.29, 0.717) is 6.04 Å². The lowest BCUT2D eigenvalue weighted by Crippen LogP contribution is -2.57. The number of fused-ring (bicyclic) bond motifs is 1. The standard InChI is InChI=1S/C14H23N3S/c1-11-12-4-8-18-13(12)3-6-17(11)14(9-15)5-7-16(2)10-14/h4,8,11H,3,5-7,9-10,15H2,1-2H3. The Morgan fingerprint density at radius 1 is 1.50 bits per heavy atom. The van der Waals surface area contributed by atoms with Crippen LogP contribution in [-0.4, -0.2) is 48.6 Å². The van der Waals surface area contributed by atoms with Gasteiger partial charge in [0.15, 0.2) is 0 Å². The Kier molecular flexibility index (Phi) is 3.22. The number of hydrogen-bond donors (Lipinski definition) is 1. The van der Waals surface area contributed by atoms with E-state index in [4.69, 9.17) is 5.73 Å². The van der Waals surface area contributed by atoms with Gasteiger partial charge in [-0.2, -0.15) is 0 Å². The second kappa shape index (κ2) is 4.60. The maximum Gasteiger partial charge on any atom is 0.0476 e. The minimum absolute atomic E-state index is 0.202. The molecule has 1 aromatic rings. The topological polar surface area (TPSA) is 32.5 Å². The molecule has 3 heterocycles. The molecule has 0 bridgehead atoms. The molecule has 1 saturated heterocycles. The van der Waals surface area contributed by atoms with Gasteiger partial charge in [-0.1, -0.05) is 0 Å². The lowest BCUT2D eigenvalue weighted by molar-refractivity contribution is 0.0552. The minimum Gasteiger partial charge on any atom is -0.329 e. The second-order valence-corrected chi connectivity index (χ2v) is 6.84. The fourth-order valence-electron chi connectivity index (χ4n) is 3.74. The SMILES string of the molecule is CC1c2ccsc2CCN1C1(CN)CCN(C)C1. The van der Waals surface area contributed by atoms with Crippen LogP contribution in [0.25, 0.3) is 0 Å². The van der Waals surface area contributed by atoms with Crippen LogP contribution in [0.1, 0.15) is 29.8 Å². The van der Waals surface area contributed by atoms with Crippen LogP contribution in [0.3, 0.4) is 0 Å². The van der Waals surface area contributed by atoms with Gasteiger partial charge in [-0.3, -0.25) is 4.90 Å². The van der Waals surface area contributed by atoms with Crippen molar-refractivity contribution >= 4 is 11.3 Å². The molecule has 2 atom stereocenters. The highest BCUT2D eigenvalue weighted by atomic mass is 32.1. The van der Waals surface area contributed by atoms with Crippen LogP contribution in [0.4, 0.5) is 0 Å². The molecule has 3 rings (SSSR count). The molecular formula is C14H23N3S. The molecule has 0 amide bonds. The summed E-state index contributed by atoms with van der Waals surface area (Å²) in [7, 11) is 2.21. The molecule has 18 heavy (non-hydrogen) atoms. The van der Waals surface area contributed by atoms with Gasteiger partial charge in [0, 0.05) is 36.1 Å². The molecule has 1 fully saturated rings. The van der Waals surface area contributed by atoms with E-state index in [0.717, 1.165) is 13.1 Å². The van der Waals surface area contributed by atoms with Crippen molar-refractivity contribution in [2.45, 2.75) is 31.3 Å². The average molecular weight is 265 g/mol. The van der Waals surface area contributed by atoms with Crippen LogP contribution in [0.5, 0.6) is 0 Å². The number of nitrogens with zero attached hydrogens (tertiary/aromatic N) is 2. The lowest BCUT2D eigenvalue weighted by Gasteiger charge is -2.46. The quantitative estimate of drug-likeness (QED) is 0.883. The molecule has 100 valence electrons. The first kappa shape index (κ1) is 12.6. The first-order valence-electron chi connectivity index (χ1n) is 6.88. The average Bonchev–Trinajstić information content (AvgIpc) is 2.97. The van der Waals surface area contributed by atoms with Gasteiger partial charge < -0.3 is 10.6 Å². The van der Waals surface area contributed by atoms with Crippen molar-refractivity contribution in [1.82, 2.24) is 9.80 Å². The number of hydrogen-bond acceptors (Lipinski definition) is 4. The van der Waals surface area contributed by atoms with Crippen molar-refractivity contribution in [3.8, 4) is 0 Å². The van der Waals surface area contributed by atoms with E-state index in [1.807, 2.05) is 11.3 Å². The first-order valence-corrected chi connectivity index (χ1v) is 7.76. The van der Waals surface area contributed by atoms with Gasteiger partial charge in [-0.25, -0.2) is 0 Å². The normalized spacial score (nSPS) is 33.8. The Balaban J connectivity index is 1.89. The van der Waals surface area contributed by atoms with Gasteiger partial charge in [0.05, 0.1) is 0 Å². The van der Waals surface area contributed by atoms with Gasteiger partial charge in [-0.05, 0) is 50.4 Å². The van der Waals surface area contributed by atoms with Crippen LogP contribution in [0.2, 0.25) is 0 Å². The number of likely N-dealkylation sites (N-methyl/N-ethyl adjacent to an activating group) is 1. The predicted octanol–water partition coefficient (Wildman–Crippen LogP) is 1.70. The van der Waals surface area contributed by atoms with Crippen LogP contribution >= 0.6 is 11.3 Å². The van der Waals surface area contributed by atoms with Crippen molar-refractivity contribution in [3.63, 3.8) is 0 Å². The monoisotopic (exact) mass is 265 g/mol. The van der Waals surface area contributed by atoms with Gasteiger partial charge in [0.25, 0.3) is 0 Å². The van der Waals surface area contributed by atoms with E-state index < -0.39 is 0 Å². The van der Waals surface area contributed by atoms with E-state index >= 15 is 0 Å². The summed E-state index contributed by atoms with van der Waals surface area (Å²) in [5.41, 5.74) is 7.89. The Labute approximate surface area is 114 Å². The van der Waals surface area contributed by atoms with Gasteiger partial charge in [0.1, 0.15) is 0 Å². The highest BCUT2D eigenvalue weighted by Crippen LogP contribution is 2.39. The summed E-state index contributed by atoms with van der Waals surface area (Å²) >= 11 is 1.91. The molecule has 2 unspecified atom stereocenters. The van der Waals surface area contributed by atoms with E-state index in [9.17, 15) is 0 Å². The molecule has 4 heteroatoms. The van der Waals surface area contributed by atoms with Crippen LogP contribution < -0.4 is 5.73 Å². The molecular weight excluding hydrogens is 242 g/mol. The summed E-state index contributed by atoms with van der Waals surface area (Å²) < 4.78 is 0. The smallest absolute Gasteiger partial charge is 0.0476 e. The number of nitrogens with two attached hydrogens (primary N) is 1. The van der Waals surface area contributed by atoms with Crippen LogP contribution in [-0.2, 0) is 6.42 Å². The third kappa shape index (κ3) is 1.83. The Bertz CT molecular complexity index is 430. The van der Waals surface area contributed by atoms with Crippen molar-refractivity contribution < 1.29 is 0 Å². The van der Waals surface area contributed by atoms with Crippen LogP contribution in [0.15, 0.2) is 11.4 Å². The summed E-state index contributed by atoms with van der Waals surface area (Å²) in [4.78, 5) is 6.67. The Morgan fingerprint density at radius 3 is 3.00 bits per heavy atom. The van der Waals surface area contributed by atoms with Crippen LogP contribution in [0, 0.1) is 0 Å². The highest BCUT2D eigenvalue weighted by molar-refractivity contribution is 7.10. The van der Waals surface area contributed by atoms with E-state index in [-0.39, 0.29) is 5.54 Å². The summed E-state index contributed by atoms with van der Waals surface area (Å²) in [5.74, 6) is 0. The fourth-order valence-corrected chi connectivity index (χ4v) is 4.70. The first-order chi connectivity index (χ1) is 8.66. The van der Waals surface area contributed by atoms with E-state index in [1.54, 1.807) is 4.88 Å². The lowest BCUT2D eigenvalue weighted by atomic mass is 9.89. The molecule has 0 radical (unpaired) electrons. The summed E-state index contributed by atoms with van der Waals surface area (Å²) in [6.45, 7) is 6.59. The van der Waals surface area contributed by atoms with Crippen molar-refractivity contribution in [2.24, 2.45) is 5.73 Å². The minimum atomic E-state index is 0.202. The van der Waals surface area contributed by atoms with Gasteiger partial charge in [0.2, 0.25) is 0 Å². The number of rotatable bonds is 2. The molecule has 2 aliphatic rings. The molecule has 0 saturated carbocycles. The maximum atomic E-state index is 6.15. The molecule has 3 nitrogen and oxygen atoms in total. The molecule has 0 aromatic carbocycles. The van der Waals surface area contributed by atoms with Crippen molar-refractivity contribution in [3.05, 3.63) is 21.9 Å². The van der Waals surface area contributed by atoms with E-state index in [1.165, 1.54) is 31.5 Å². The Morgan fingerprint density at radius 2 is 2.33 bits per heavy atom. The Hall–Kier alpha value is -0.420. The molecule has 2 aliphatic heterocycles. The molecule has 0 aliphatic carbocycles. The van der Waals surface area contributed by atoms with Gasteiger partial charge >= 0.3 is 0 Å². The zero-order valence-electron chi connectivity index (χ0n) is 11.4. The number of likely N-dealkylation sites (tertiary alicyclic amines) is 1. The molecule has 2 N–H and O–H groups in total. The third-order valence-electron chi connectivity index (χ3n) is 4.79. The van der Waals surface area contributed by atoms with Crippen molar-refractivity contribution in [2.75, 3.05) is 33.2 Å². The highest BCUT2D eigenvalue weighted by Gasteiger charge is 2.44. The third-order valence-corrected chi connectivity index (χ3v) is 5.79. The zero-order chi connectivity index (χ0) is 12.8.